The first-order chi connectivity index (χ1) is 12.0. The van der Waals surface area contributed by atoms with E-state index >= 15 is 0 Å². The van der Waals surface area contributed by atoms with Crippen LogP contribution in [0.3, 0.4) is 0 Å². The van der Waals surface area contributed by atoms with E-state index < -0.39 is 5.97 Å². The van der Waals surface area contributed by atoms with Crippen LogP contribution in [0, 0.1) is 0 Å². The maximum absolute atomic E-state index is 11.9. The molecule has 0 radical (unpaired) electrons. The van der Waals surface area contributed by atoms with E-state index in [4.69, 9.17) is 27.9 Å². The number of hydrogen-bond acceptors (Lipinski definition) is 4. The van der Waals surface area contributed by atoms with Gasteiger partial charge in [-0.25, -0.2) is 9.48 Å². The fourth-order valence-corrected chi connectivity index (χ4v) is 3.29. The third-order valence-electron chi connectivity index (χ3n) is 3.63. The van der Waals surface area contributed by atoms with Crippen LogP contribution in [0.15, 0.2) is 53.4 Å². The number of carbonyl (C=O) groups excluding carboxylic acids is 1. The van der Waals surface area contributed by atoms with Crippen molar-refractivity contribution in [1.82, 2.24) is 9.78 Å². The molecule has 0 atom stereocenters. The molecule has 0 N–H and O–H groups in total. The van der Waals surface area contributed by atoms with E-state index in [1.54, 1.807) is 40.7 Å². The second kappa shape index (κ2) is 7.52. The Morgan fingerprint density at radius 3 is 2.44 bits per heavy atom. The van der Waals surface area contributed by atoms with Crippen LogP contribution in [-0.2, 0) is 4.74 Å². The Morgan fingerprint density at radius 2 is 1.84 bits per heavy atom. The van der Waals surface area contributed by atoms with Gasteiger partial charge in [0.05, 0.1) is 23.5 Å². The summed E-state index contributed by atoms with van der Waals surface area (Å²) in [4.78, 5) is 13.1. The molecule has 0 aliphatic rings. The number of nitrogens with zero attached hydrogens (tertiary/aromatic N) is 2. The van der Waals surface area contributed by atoms with Crippen LogP contribution in [0.2, 0.25) is 10.0 Å². The van der Waals surface area contributed by atoms with Crippen molar-refractivity contribution in [3.8, 4) is 16.9 Å². The van der Waals surface area contributed by atoms with Crippen LogP contribution in [0.1, 0.15) is 10.5 Å². The molecule has 7 heteroatoms. The third kappa shape index (κ3) is 3.68. The van der Waals surface area contributed by atoms with Crippen molar-refractivity contribution in [3.05, 3.63) is 64.3 Å². The monoisotopic (exact) mass is 392 g/mol. The predicted molar refractivity (Wildman–Crippen MR) is 102 cm³/mol. The van der Waals surface area contributed by atoms with Gasteiger partial charge in [0.25, 0.3) is 0 Å². The molecule has 3 aromatic rings. The average Bonchev–Trinajstić information content (AvgIpc) is 3.06. The van der Waals surface area contributed by atoms with Crippen LogP contribution in [-0.4, -0.2) is 29.1 Å². The van der Waals surface area contributed by atoms with Gasteiger partial charge in [-0.1, -0.05) is 35.3 Å². The lowest BCUT2D eigenvalue weighted by atomic mass is 10.1. The zero-order valence-corrected chi connectivity index (χ0v) is 15.8. The van der Waals surface area contributed by atoms with Crippen molar-refractivity contribution in [2.24, 2.45) is 0 Å². The third-order valence-corrected chi connectivity index (χ3v) is 4.91. The second-order valence-electron chi connectivity index (χ2n) is 5.14. The summed E-state index contributed by atoms with van der Waals surface area (Å²) in [7, 11) is 1.32. The molecule has 0 fully saturated rings. The van der Waals surface area contributed by atoms with Crippen LogP contribution in [0.4, 0.5) is 0 Å². The van der Waals surface area contributed by atoms with Crippen molar-refractivity contribution < 1.29 is 9.53 Å². The van der Waals surface area contributed by atoms with Gasteiger partial charge in [0.2, 0.25) is 0 Å². The highest BCUT2D eigenvalue weighted by Gasteiger charge is 2.18. The van der Waals surface area contributed by atoms with Crippen molar-refractivity contribution in [2.75, 3.05) is 13.4 Å². The number of methoxy groups -OCH3 is 1. The van der Waals surface area contributed by atoms with E-state index in [9.17, 15) is 4.79 Å². The van der Waals surface area contributed by atoms with Crippen molar-refractivity contribution in [1.29, 1.82) is 0 Å². The minimum Gasteiger partial charge on any atom is -0.464 e. The minimum atomic E-state index is -0.509. The van der Waals surface area contributed by atoms with Gasteiger partial charge in [-0.3, -0.25) is 0 Å². The second-order valence-corrected chi connectivity index (χ2v) is 6.87. The fourth-order valence-electron chi connectivity index (χ4n) is 2.39. The fraction of sp³-hybridized carbons (Fsp3) is 0.111. The van der Waals surface area contributed by atoms with Crippen LogP contribution in [0.25, 0.3) is 16.9 Å². The maximum atomic E-state index is 11.9. The van der Waals surface area contributed by atoms with E-state index in [1.165, 1.54) is 7.11 Å². The highest BCUT2D eigenvalue weighted by Crippen LogP contribution is 2.30. The lowest BCUT2D eigenvalue weighted by Crippen LogP contribution is -2.05. The maximum Gasteiger partial charge on any atom is 0.358 e. The Kier molecular flexibility index (Phi) is 5.37. The zero-order valence-electron chi connectivity index (χ0n) is 13.5. The van der Waals surface area contributed by atoms with E-state index in [0.29, 0.717) is 15.7 Å². The summed E-state index contributed by atoms with van der Waals surface area (Å²) in [5, 5.41) is 5.34. The summed E-state index contributed by atoms with van der Waals surface area (Å²) in [6.07, 6.45) is 2.02. The first-order valence-corrected chi connectivity index (χ1v) is 9.30. The van der Waals surface area contributed by atoms with Gasteiger partial charge in [0, 0.05) is 15.5 Å². The SMILES string of the molecule is COC(=O)c1cc(-c2ccc(SC)cc2)n(-c2ccc(Cl)cc2Cl)n1. The number of thioether (sulfide) groups is 1. The largest absolute Gasteiger partial charge is 0.464 e. The van der Waals surface area contributed by atoms with E-state index in [0.717, 1.165) is 16.2 Å². The number of ether oxygens (including phenoxy) is 1. The Labute approximate surface area is 159 Å². The Balaban J connectivity index is 2.18. The molecule has 0 amide bonds. The standard InChI is InChI=1S/C18H14Cl2N2O2S/c1-24-18(23)15-10-17(11-3-6-13(25-2)7-4-11)22(21-15)16-8-5-12(19)9-14(16)20/h3-10H,1-2H3. The van der Waals surface area contributed by atoms with Gasteiger partial charge in [-0.05, 0) is 42.7 Å². The van der Waals surface area contributed by atoms with Gasteiger partial charge >= 0.3 is 5.97 Å². The summed E-state index contributed by atoms with van der Waals surface area (Å²) in [6, 6.07) is 14.8. The smallest absolute Gasteiger partial charge is 0.358 e. The van der Waals surface area contributed by atoms with Crippen molar-refractivity contribution in [3.63, 3.8) is 0 Å². The van der Waals surface area contributed by atoms with E-state index in [2.05, 4.69) is 5.10 Å². The normalized spacial score (nSPS) is 10.7. The molecule has 0 bridgehead atoms. The highest BCUT2D eigenvalue weighted by atomic mass is 35.5. The summed E-state index contributed by atoms with van der Waals surface area (Å²) in [6.45, 7) is 0. The molecule has 0 aliphatic carbocycles. The zero-order chi connectivity index (χ0) is 18.0. The molecule has 0 spiro atoms. The molecule has 0 aliphatic heterocycles. The molecule has 2 aromatic carbocycles. The van der Waals surface area contributed by atoms with Crippen molar-refractivity contribution in [2.45, 2.75) is 4.90 Å². The molecular weight excluding hydrogens is 379 g/mol. The van der Waals surface area contributed by atoms with Crippen LogP contribution >= 0.6 is 35.0 Å². The van der Waals surface area contributed by atoms with Crippen molar-refractivity contribution >= 4 is 40.9 Å². The summed E-state index contributed by atoms with van der Waals surface area (Å²) >= 11 is 14.0. The Bertz CT molecular complexity index is 923. The quantitative estimate of drug-likeness (QED) is 0.443. The molecule has 3 rings (SSSR count). The molecule has 4 nitrogen and oxygen atoms in total. The lowest BCUT2D eigenvalue weighted by Gasteiger charge is -2.10. The summed E-state index contributed by atoms with van der Waals surface area (Å²) in [5.41, 5.74) is 2.48. The van der Waals surface area contributed by atoms with Crippen LogP contribution in [0.5, 0.6) is 0 Å². The predicted octanol–water partition coefficient (Wildman–Crippen LogP) is 5.35. The number of aromatic nitrogens is 2. The minimum absolute atomic E-state index is 0.206. The first kappa shape index (κ1) is 17.9. The number of hydrogen-bond donors (Lipinski definition) is 0. The van der Waals surface area contributed by atoms with Gasteiger partial charge < -0.3 is 4.74 Å². The van der Waals surface area contributed by atoms with E-state index in [-0.39, 0.29) is 5.69 Å². The Morgan fingerprint density at radius 1 is 1.12 bits per heavy atom. The number of carbonyl (C=O) groups is 1. The van der Waals surface area contributed by atoms with Gasteiger partial charge in [0.15, 0.2) is 5.69 Å². The average molecular weight is 393 g/mol. The number of esters is 1. The topological polar surface area (TPSA) is 44.1 Å². The molecule has 0 saturated heterocycles. The molecule has 0 unspecified atom stereocenters. The van der Waals surface area contributed by atoms with Gasteiger partial charge in [0.1, 0.15) is 0 Å². The van der Waals surface area contributed by atoms with Gasteiger partial charge in [-0.2, -0.15) is 5.10 Å². The molecular formula is C18H14Cl2N2O2S. The van der Waals surface area contributed by atoms with Crippen LogP contribution < -0.4 is 0 Å². The molecule has 0 saturated carbocycles. The lowest BCUT2D eigenvalue weighted by molar-refractivity contribution is 0.0593. The first-order valence-electron chi connectivity index (χ1n) is 7.31. The summed E-state index contributed by atoms with van der Waals surface area (Å²) < 4.78 is 6.41. The highest BCUT2D eigenvalue weighted by molar-refractivity contribution is 7.98. The molecule has 1 aromatic heterocycles. The molecule has 1 heterocycles. The Hall–Kier alpha value is -1.95. The molecule has 25 heavy (non-hydrogen) atoms. The molecule has 128 valence electrons. The van der Waals surface area contributed by atoms with E-state index in [1.807, 2.05) is 30.5 Å². The number of halogens is 2. The van der Waals surface area contributed by atoms with Gasteiger partial charge in [-0.15, -0.1) is 11.8 Å². The number of benzene rings is 2. The number of rotatable bonds is 4. The summed E-state index contributed by atoms with van der Waals surface area (Å²) in [5.74, 6) is -0.509.